The molecule has 1 aromatic carbocycles. The number of amides is 1. The number of hydrogen-bond acceptors (Lipinski definition) is 2. The fourth-order valence-corrected chi connectivity index (χ4v) is 1.04. The molecule has 3 nitrogen and oxygen atoms in total. The molecule has 0 heterocycles. The molecule has 0 aliphatic heterocycles. The molecule has 0 aliphatic carbocycles. The van der Waals surface area contributed by atoms with Gasteiger partial charge in [0.1, 0.15) is 5.75 Å². The van der Waals surface area contributed by atoms with Crippen LogP contribution in [0.4, 0.5) is 18.9 Å². The van der Waals surface area contributed by atoms with E-state index in [-0.39, 0.29) is 11.4 Å². The summed E-state index contributed by atoms with van der Waals surface area (Å²) in [5.41, 5.74) is 0.168. The maximum absolute atomic E-state index is 12.0. The molecule has 1 aromatic rings. The van der Waals surface area contributed by atoms with Crippen LogP contribution in [0.25, 0.3) is 0 Å². The molecule has 0 fully saturated rings. The normalized spacial score (nSPS) is 10.8. The van der Waals surface area contributed by atoms with Crippen LogP contribution in [0.5, 0.6) is 5.75 Å². The summed E-state index contributed by atoms with van der Waals surface area (Å²) in [7, 11) is 0. The van der Waals surface area contributed by atoms with Crippen LogP contribution in [0.2, 0.25) is 0 Å². The van der Waals surface area contributed by atoms with E-state index < -0.39 is 18.7 Å². The highest BCUT2D eigenvalue weighted by Crippen LogP contribution is 2.26. The molecule has 6 heteroatoms. The van der Waals surface area contributed by atoms with Gasteiger partial charge in [0.05, 0.1) is 5.69 Å². The fourth-order valence-electron chi connectivity index (χ4n) is 1.04. The van der Waals surface area contributed by atoms with Crippen molar-refractivity contribution in [2.24, 2.45) is 0 Å². The molecule has 0 saturated heterocycles. The Hall–Kier alpha value is -1.98. The van der Waals surface area contributed by atoms with Gasteiger partial charge in [0, 0.05) is 0 Å². The van der Waals surface area contributed by atoms with Crippen molar-refractivity contribution in [3.63, 3.8) is 0 Å². The summed E-state index contributed by atoms with van der Waals surface area (Å²) in [5.74, 6) is -0.562. The van der Waals surface area contributed by atoms with E-state index in [1.54, 1.807) is 6.07 Å². The van der Waals surface area contributed by atoms with Crippen molar-refractivity contribution in [1.29, 1.82) is 0 Å². The van der Waals surface area contributed by atoms with Gasteiger partial charge in [-0.1, -0.05) is 18.7 Å². The molecule has 0 aromatic heterocycles. The van der Waals surface area contributed by atoms with E-state index in [9.17, 15) is 18.0 Å². The van der Waals surface area contributed by atoms with Gasteiger partial charge in [-0.05, 0) is 18.2 Å². The molecular formula is C11H10F3NO2. The van der Waals surface area contributed by atoms with E-state index >= 15 is 0 Å². The number of hydrogen-bond donors (Lipinski definition) is 1. The van der Waals surface area contributed by atoms with Crippen LogP contribution in [0.3, 0.4) is 0 Å². The summed E-state index contributed by atoms with van der Waals surface area (Å²) in [6, 6.07) is 5.85. The van der Waals surface area contributed by atoms with Crippen LogP contribution in [0, 0.1) is 0 Å². The minimum absolute atomic E-state index is 0.0416. The monoisotopic (exact) mass is 245 g/mol. The molecule has 0 unspecified atom stereocenters. The molecule has 1 amide bonds. The van der Waals surface area contributed by atoms with Crippen molar-refractivity contribution >= 4 is 11.6 Å². The quantitative estimate of drug-likeness (QED) is 0.828. The van der Waals surface area contributed by atoms with Crippen LogP contribution in [0.1, 0.15) is 0 Å². The Morgan fingerprint density at radius 1 is 1.41 bits per heavy atom. The lowest BCUT2D eigenvalue weighted by Crippen LogP contribution is -2.20. The Morgan fingerprint density at radius 2 is 2.06 bits per heavy atom. The second-order valence-corrected chi connectivity index (χ2v) is 3.09. The number of carbonyl (C=O) groups excluding carboxylic acids is 1. The third-order valence-electron chi connectivity index (χ3n) is 1.72. The van der Waals surface area contributed by atoms with Crippen LogP contribution in [-0.2, 0) is 4.79 Å². The number of anilines is 1. The summed E-state index contributed by atoms with van der Waals surface area (Å²) < 4.78 is 40.5. The van der Waals surface area contributed by atoms with Crippen LogP contribution < -0.4 is 10.1 Å². The molecule has 92 valence electrons. The number of para-hydroxylation sites is 2. The first-order valence-electron chi connectivity index (χ1n) is 4.64. The molecule has 0 radical (unpaired) electrons. The van der Waals surface area contributed by atoms with Gasteiger partial charge in [-0.15, -0.1) is 0 Å². The van der Waals surface area contributed by atoms with Gasteiger partial charge in [-0.3, -0.25) is 4.79 Å². The molecule has 17 heavy (non-hydrogen) atoms. The Labute approximate surface area is 95.9 Å². The molecule has 0 aliphatic rings. The Balaban J connectivity index is 2.77. The Morgan fingerprint density at radius 3 is 2.65 bits per heavy atom. The minimum atomic E-state index is -4.42. The van der Waals surface area contributed by atoms with E-state index in [2.05, 4.69) is 16.6 Å². The van der Waals surface area contributed by atoms with Crippen LogP contribution in [0.15, 0.2) is 36.9 Å². The average molecular weight is 245 g/mol. The Kier molecular flexibility index (Phi) is 4.14. The number of nitrogens with one attached hydrogen (secondary N) is 1. The number of alkyl halides is 3. The number of halogens is 3. The summed E-state index contributed by atoms with van der Waals surface area (Å²) in [6.45, 7) is 1.83. The van der Waals surface area contributed by atoms with Gasteiger partial charge in [-0.2, -0.15) is 13.2 Å². The number of rotatable bonds is 4. The molecule has 0 bridgehead atoms. The Bertz CT molecular complexity index is 415. The first-order chi connectivity index (χ1) is 7.92. The standard InChI is InChI=1S/C11H10F3NO2/c1-2-10(16)15-8-5-3-4-6-9(8)17-7-11(12,13)14/h2-6H,1,7H2,(H,15,16). The summed E-state index contributed by atoms with van der Waals surface area (Å²) in [6.07, 6.45) is -3.41. The molecule has 0 saturated carbocycles. The van der Waals surface area contributed by atoms with Crippen LogP contribution >= 0.6 is 0 Å². The molecule has 0 spiro atoms. The predicted octanol–water partition coefficient (Wildman–Crippen LogP) is 2.75. The topological polar surface area (TPSA) is 38.3 Å². The third-order valence-corrected chi connectivity index (χ3v) is 1.72. The molecule has 1 rings (SSSR count). The smallest absolute Gasteiger partial charge is 0.422 e. The van der Waals surface area contributed by atoms with Gasteiger partial charge >= 0.3 is 6.18 Å². The highest BCUT2D eigenvalue weighted by atomic mass is 19.4. The zero-order valence-corrected chi connectivity index (χ0v) is 8.75. The van der Waals surface area contributed by atoms with Gasteiger partial charge in [0.15, 0.2) is 6.61 Å². The lowest BCUT2D eigenvalue weighted by molar-refractivity contribution is -0.153. The zero-order valence-electron chi connectivity index (χ0n) is 8.75. The highest BCUT2D eigenvalue weighted by Gasteiger charge is 2.28. The van der Waals surface area contributed by atoms with Crippen molar-refractivity contribution < 1.29 is 22.7 Å². The summed E-state index contributed by atoms with van der Waals surface area (Å²) in [5, 5.41) is 2.35. The summed E-state index contributed by atoms with van der Waals surface area (Å²) in [4.78, 5) is 11.0. The average Bonchev–Trinajstić information content (AvgIpc) is 2.26. The van der Waals surface area contributed by atoms with Crippen molar-refractivity contribution in [3.05, 3.63) is 36.9 Å². The second-order valence-electron chi connectivity index (χ2n) is 3.09. The third kappa shape index (κ3) is 4.58. The maximum atomic E-state index is 12.0. The molecule has 1 N–H and O–H groups in total. The van der Waals surface area contributed by atoms with Gasteiger partial charge in [0.25, 0.3) is 0 Å². The largest absolute Gasteiger partial charge is 0.482 e. The summed E-state index contributed by atoms with van der Waals surface area (Å²) >= 11 is 0. The molecule has 0 atom stereocenters. The predicted molar refractivity (Wildman–Crippen MR) is 56.8 cm³/mol. The first-order valence-corrected chi connectivity index (χ1v) is 4.64. The minimum Gasteiger partial charge on any atom is -0.482 e. The van der Waals surface area contributed by atoms with Crippen molar-refractivity contribution in [1.82, 2.24) is 0 Å². The van der Waals surface area contributed by atoms with E-state index in [4.69, 9.17) is 0 Å². The first kappa shape index (κ1) is 13.1. The lowest BCUT2D eigenvalue weighted by atomic mass is 10.3. The van der Waals surface area contributed by atoms with Crippen molar-refractivity contribution in [3.8, 4) is 5.75 Å². The van der Waals surface area contributed by atoms with E-state index in [1.165, 1.54) is 18.2 Å². The van der Waals surface area contributed by atoms with E-state index in [1.807, 2.05) is 0 Å². The van der Waals surface area contributed by atoms with Gasteiger partial charge in [-0.25, -0.2) is 0 Å². The number of carbonyl (C=O) groups is 1. The van der Waals surface area contributed by atoms with Crippen molar-refractivity contribution in [2.75, 3.05) is 11.9 Å². The SMILES string of the molecule is C=CC(=O)Nc1ccccc1OCC(F)(F)F. The fraction of sp³-hybridized carbons (Fsp3) is 0.182. The second kappa shape index (κ2) is 5.38. The number of ether oxygens (including phenoxy) is 1. The van der Waals surface area contributed by atoms with E-state index in [0.717, 1.165) is 6.08 Å². The van der Waals surface area contributed by atoms with E-state index in [0.29, 0.717) is 0 Å². The highest BCUT2D eigenvalue weighted by molar-refractivity contribution is 5.99. The molecular weight excluding hydrogens is 235 g/mol. The maximum Gasteiger partial charge on any atom is 0.422 e. The number of benzene rings is 1. The lowest BCUT2D eigenvalue weighted by Gasteiger charge is -2.12. The van der Waals surface area contributed by atoms with Gasteiger partial charge in [0.2, 0.25) is 5.91 Å². The van der Waals surface area contributed by atoms with Crippen molar-refractivity contribution in [2.45, 2.75) is 6.18 Å². The van der Waals surface area contributed by atoms with Gasteiger partial charge < -0.3 is 10.1 Å². The van der Waals surface area contributed by atoms with Crippen LogP contribution in [-0.4, -0.2) is 18.7 Å². The zero-order chi connectivity index (χ0) is 12.9.